The normalized spacial score (nSPS) is 10.9. The molecule has 0 aliphatic rings. The van der Waals surface area contributed by atoms with Crippen LogP contribution >= 0.6 is 0 Å². The summed E-state index contributed by atoms with van der Waals surface area (Å²) in [6.45, 7) is 5.92. The number of aliphatic imine (C=N–C) groups is 1. The van der Waals surface area contributed by atoms with Crippen molar-refractivity contribution in [3.63, 3.8) is 0 Å². The fraction of sp³-hybridized carbons (Fsp3) is 0.462. The summed E-state index contributed by atoms with van der Waals surface area (Å²) in [7, 11) is 0. The first kappa shape index (κ1) is 14.9. The van der Waals surface area contributed by atoms with Gasteiger partial charge in [0.2, 0.25) is 5.91 Å². The topological polar surface area (TPSA) is 78.4 Å². The molecule has 0 aromatic carbocycles. The van der Waals surface area contributed by atoms with Gasteiger partial charge in [-0.25, -0.2) is 4.99 Å². The summed E-state index contributed by atoms with van der Waals surface area (Å²) in [5, 5.41) is 8.78. The van der Waals surface area contributed by atoms with Crippen LogP contribution in [0.2, 0.25) is 0 Å². The average molecular weight is 263 g/mol. The Kier molecular flexibility index (Phi) is 7.01. The van der Waals surface area contributed by atoms with Crippen molar-refractivity contribution in [3.8, 4) is 0 Å². The van der Waals surface area contributed by atoms with Gasteiger partial charge in [-0.2, -0.15) is 0 Å². The molecule has 0 atom stereocenters. The molecule has 0 unspecified atom stereocenters. The van der Waals surface area contributed by atoms with Gasteiger partial charge in [0.05, 0.1) is 18.8 Å². The van der Waals surface area contributed by atoms with E-state index in [1.807, 2.05) is 32.0 Å². The first-order chi connectivity index (χ1) is 9.26. The molecule has 6 nitrogen and oxygen atoms in total. The highest BCUT2D eigenvalue weighted by Gasteiger charge is 2.02. The quantitative estimate of drug-likeness (QED) is 0.508. The van der Waals surface area contributed by atoms with Crippen LogP contribution in [0.1, 0.15) is 19.5 Å². The van der Waals surface area contributed by atoms with Gasteiger partial charge in [0.1, 0.15) is 0 Å². The van der Waals surface area contributed by atoms with Gasteiger partial charge in [-0.3, -0.25) is 9.78 Å². The lowest BCUT2D eigenvalue weighted by atomic mass is 10.3. The first-order valence-electron chi connectivity index (χ1n) is 6.45. The van der Waals surface area contributed by atoms with Gasteiger partial charge in [0, 0.05) is 19.3 Å². The highest BCUT2D eigenvalue weighted by Crippen LogP contribution is 1.94. The average Bonchev–Trinajstić information content (AvgIpc) is 2.43. The number of carbonyl (C=O) groups excluding carboxylic acids is 1. The summed E-state index contributed by atoms with van der Waals surface area (Å²) in [6.07, 6.45) is 1.74. The highest BCUT2D eigenvalue weighted by molar-refractivity contribution is 5.86. The Morgan fingerprint density at radius 3 is 2.63 bits per heavy atom. The van der Waals surface area contributed by atoms with Crippen LogP contribution in [0.4, 0.5) is 0 Å². The molecule has 104 valence electrons. The molecule has 1 aromatic heterocycles. The van der Waals surface area contributed by atoms with Crippen LogP contribution in [-0.4, -0.2) is 36.5 Å². The summed E-state index contributed by atoms with van der Waals surface area (Å²) in [6, 6.07) is 5.70. The first-order valence-corrected chi connectivity index (χ1v) is 6.45. The third-order valence-corrected chi connectivity index (χ3v) is 2.26. The van der Waals surface area contributed by atoms with E-state index in [0.717, 1.165) is 12.2 Å². The third kappa shape index (κ3) is 6.40. The minimum Gasteiger partial charge on any atom is -0.357 e. The molecule has 1 aromatic rings. The van der Waals surface area contributed by atoms with Crippen LogP contribution in [0.3, 0.4) is 0 Å². The predicted molar refractivity (Wildman–Crippen MR) is 75.7 cm³/mol. The van der Waals surface area contributed by atoms with Crippen LogP contribution in [-0.2, 0) is 11.3 Å². The number of nitrogens with zero attached hydrogens (tertiary/aromatic N) is 2. The molecule has 0 saturated heterocycles. The van der Waals surface area contributed by atoms with Crippen molar-refractivity contribution in [2.45, 2.75) is 20.4 Å². The van der Waals surface area contributed by atoms with Crippen LogP contribution in [0.5, 0.6) is 0 Å². The number of hydrogen-bond donors (Lipinski definition) is 3. The molecular weight excluding hydrogens is 242 g/mol. The lowest BCUT2D eigenvalue weighted by Crippen LogP contribution is -2.43. The lowest BCUT2D eigenvalue weighted by Gasteiger charge is -2.10. The van der Waals surface area contributed by atoms with Crippen molar-refractivity contribution < 1.29 is 4.79 Å². The van der Waals surface area contributed by atoms with E-state index in [4.69, 9.17) is 0 Å². The van der Waals surface area contributed by atoms with Crippen LogP contribution in [0.15, 0.2) is 29.4 Å². The Balaban J connectivity index is 2.49. The Hall–Kier alpha value is -2.11. The minimum atomic E-state index is -0.0501. The van der Waals surface area contributed by atoms with E-state index in [1.54, 1.807) is 6.20 Å². The molecule has 1 amide bonds. The zero-order valence-electron chi connectivity index (χ0n) is 11.4. The molecule has 3 N–H and O–H groups in total. The van der Waals surface area contributed by atoms with Crippen molar-refractivity contribution in [1.29, 1.82) is 0 Å². The molecule has 0 aliphatic heterocycles. The van der Waals surface area contributed by atoms with Gasteiger partial charge >= 0.3 is 0 Å². The van der Waals surface area contributed by atoms with Gasteiger partial charge < -0.3 is 16.0 Å². The molecule has 0 bridgehead atoms. The molecule has 6 heteroatoms. The van der Waals surface area contributed by atoms with E-state index in [2.05, 4.69) is 25.9 Å². The Morgan fingerprint density at radius 2 is 2.00 bits per heavy atom. The van der Waals surface area contributed by atoms with E-state index in [1.165, 1.54) is 0 Å². The number of nitrogens with one attached hydrogen (secondary N) is 3. The minimum absolute atomic E-state index is 0.0501. The summed E-state index contributed by atoms with van der Waals surface area (Å²) in [4.78, 5) is 19.9. The largest absolute Gasteiger partial charge is 0.357 e. The van der Waals surface area contributed by atoms with E-state index in [9.17, 15) is 4.79 Å². The molecule has 0 fully saturated rings. The molecule has 0 saturated carbocycles. The number of carbonyl (C=O) groups is 1. The number of amides is 1. The second-order valence-corrected chi connectivity index (χ2v) is 3.82. The van der Waals surface area contributed by atoms with Crippen molar-refractivity contribution in [1.82, 2.24) is 20.9 Å². The second-order valence-electron chi connectivity index (χ2n) is 3.82. The van der Waals surface area contributed by atoms with E-state index >= 15 is 0 Å². The third-order valence-electron chi connectivity index (χ3n) is 2.26. The van der Waals surface area contributed by atoms with Gasteiger partial charge in [0.15, 0.2) is 5.96 Å². The molecule has 19 heavy (non-hydrogen) atoms. The molecule has 0 spiro atoms. The van der Waals surface area contributed by atoms with Crippen molar-refractivity contribution in [2.24, 2.45) is 4.99 Å². The standard InChI is InChI=1S/C13H21N5O/c1-3-14-12(19)10-18-13(15-4-2)17-9-11-7-5-6-8-16-11/h5-8H,3-4,9-10H2,1-2H3,(H,14,19)(H2,15,17,18). The Morgan fingerprint density at radius 1 is 1.21 bits per heavy atom. The number of aromatic nitrogens is 1. The van der Waals surface area contributed by atoms with Crippen molar-refractivity contribution in [3.05, 3.63) is 30.1 Å². The van der Waals surface area contributed by atoms with Gasteiger partial charge in [-0.15, -0.1) is 0 Å². The zero-order chi connectivity index (χ0) is 13.9. The van der Waals surface area contributed by atoms with Gasteiger partial charge in [-0.1, -0.05) is 6.07 Å². The fourth-order valence-corrected chi connectivity index (χ4v) is 1.42. The number of guanidine groups is 1. The van der Waals surface area contributed by atoms with Crippen LogP contribution in [0.25, 0.3) is 0 Å². The van der Waals surface area contributed by atoms with Crippen LogP contribution < -0.4 is 16.0 Å². The monoisotopic (exact) mass is 263 g/mol. The highest BCUT2D eigenvalue weighted by atomic mass is 16.1. The summed E-state index contributed by atoms with van der Waals surface area (Å²) < 4.78 is 0. The molecule has 0 aliphatic carbocycles. The van der Waals surface area contributed by atoms with Gasteiger partial charge in [-0.05, 0) is 26.0 Å². The van der Waals surface area contributed by atoms with E-state index < -0.39 is 0 Å². The number of rotatable bonds is 6. The van der Waals surface area contributed by atoms with Gasteiger partial charge in [0.25, 0.3) is 0 Å². The number of pyridine rings is 1. The molecule has 0 radical (unpaired) electrons. The summed E-state index contributed by atoms with van der Waals surface area (Å²) >= 11 is 0. The zero-order valence-corrected chi connectivity index (χ0v) is 11.4. The molecule has 1 heterocycles. The molecular formula is C13H21N5O. The number of likely N-dealkylation sites (N-methyl/N-ethyl adjacent to an activating group) is 1. The summed E-state index contributed by atoms with van der Waals surface area (Å²) in [5.41, 5.74) is 0.887. The SMILES string of the molecule is CCNC(=O)CNC(=NCc1ccccn1)NCC. The lowest BCUT2D eigenvalue weighted by molar-refractivity contribution is -0.119. The number of hydrogen-bond acceptors (Lipinski definition) is 3. The maximum absolute atomic E-state index is 11.4. The molecule has 1 rings (SSSR count). The van der Waals surface area contributed by atoms with E-state index in [-0.39, 0.29) is 12.5 Å². The van der Waals surface area contributed by atoms with E-state index in [0.29, 0.717) is 19.0 Å². The van der Waals surface area contributed by atoms with Crippen molar-refractivity contribution >= 4 is 11.9 Å². The second kappa shape index (κ2) is 8.91. The maximum atomic E-state index is 11.4. The fourth-order valence-electron chi connectivity index (χ4n) is 1.42. The summed E-state index contributed by atoms with van der Waals surface area (Å²) in [5.74, 6) is 0.561. The predicted octanol–water partition coefficient (Wildman–Crippen LogP) is 0.273. The van der Waals surface area contributed by atoms with Crippen LogP contribution in [0, 0.1) is 0 Å². The Bertz CT molecular complexity index is 405. The smallest absolute Gasteiger partial charge is 0.239 e. The Labute approximate surface area is 113 Å². The van der Waals surface area contributed by atoms with Crippen molar-refractivity contribution in [2.75, 3.05) is 19.6 Å². The maximum Gasteiger partial charge on any atom is 0.239 e.